The molecule has 2 aromatic rings. The molecule has 0 aliphatic rings. The van der Waals surface area contributed by atoms with E-state index >= 15 is 0 Å². The summed E-state index contributed by atoms with van der Waals surface area (Å²) in [6.45, 7) is 0.143. The quantitative estimate of drug-likeness (QED) is 0.791. The number of carbonyl (C=O) groups is 2. The first kappa shape index (κ1) is 13.8. The van der Waals surface area contributed by atoms with Gasteiger partial charge in [-0.05, 0) is 30.3 Å². The van der Waals surface area contributed by atoms with Gasteiger partial charge >= 0.3 is 5.97 Å². The zero-order chi connectivity index (χ0) is 14.7. The van der Waals surface area contributed by atoms with E-state index in [1.807, 2.05) is 0 Å². The van der Waals surface area contributed by atoms with Crippen LogP contribution in [0.3, 0.4) is 0 Å². The van der Waals surface area contributed by atoms with Gasteiger partial charge in [-0.1, -0.05) is 0 Å². The van der Waals surface area contributed by atoms with Crippen LogP contribution in [0.5, 0.6) is 0 Å². The van der Waals surface area contributed by atoms with Gasteiger partial charge in [-0.25, -0.2) is 9.18 Å². The minimum Gasteiger partial charge on any atom is -0.478 e. The van der Waals surface area contributed by atoms with Crippen LogP contribution < -0.4 is 11.1 Å². The predicted octanol–water partition coefficient (Wildman–Crippen LogP) is 1.83. The van der Waals surface area contributed by atoms with Crippen molar-refractivity contribution in [2.45, 2.75) is 6.54 Å². The SMILES string of the molecule is NCc1ccc(C(=O)Nc2ccc(F)cc2C(=O)O)o1. The Morgan fingerprint density at radius 1 is 1.30 bits per heavy atom. The van der Waals surface area contributed by atoms with E-state index in [-0.39, 0.29) is 23.6 Å². The second-order valence-corrected chi connectivity index (χ2v) is 3.92. The summed E-state index contributed by atoms with van der Waals surface area (Å²) in [6.07, 6.45) is 0. The topological polar surface area (TPSA) is 106 Å². The van der Waals surface area contributed by atoms with Gasteiger partial charge in [0.25, 0.3) is 5.91 Å². The number of nitrogens with two attached hydrogens (primary N) is 1. The van der Waals surface area contributed by atoms with E-state index in [4.69, 9.17) is 15.3 Å². The fourth-order valence-electron chi connectivity index (χ4n) is 1.60. The van der Waals surface area contributed by atoms with Crippen molar-refractivity contribution in [2.75, 3.05) is 5.32 Å². The molecule has 1 aromatic carbocycles. The summed E-state index contributed by atoms with van der Waals surface area (Å²) in [4.78, 5) is 22.9. The van der Waals surface area contributed by atoms with Crippen molar-refractivity contribution in [3.8, 4) is 0 Å². The van der Waals surface area contributed by atoms with Crippen molar-refractivity contribution in [2.24, 2.45) is 5.73 Å². The average Bonchev–Trinajstić information content (AvgIpc) is 2.89. The van der Waals surface area contributed by atoms with Crippen LogP contribution in [0.25, 0.3) is 0 Å². The van der Waals surface area contributed by atoms with Gasteiger partial charge < -0.3 is 20.6 Å². The zero-order valence-electron chi connectivity index (χ0n) is 10.2. The van der Waals surface area contributed by atoms with Gasteiger partial charge in [0.15, 0.2) is 5.76 Å². The minimum atomic E-state index is -1.35. The fourth-order valence-corrected chi connectivity index (χ4v) is 1.60. The zero-order valence-corrected chi connectivity index (χ0v) is 10.2. The largest absolute Gasteiger partial charge is 0.478 e. The van der Waals surface area contributed by atoms with Crippen molar-refractivity contribution in [1.29, 1.82) is 0 Å². The van der Waals surface area contributed by atoms with Gasteiger partial charge in [-0.3, -0.25) is 4.79 Å². The number of amides is 1. The maximum absolute atomic E-state index is 13.0. The van der Waals surface area contributed by atoms with Crippen LogP contribution >= 0.6 is 0 Å². The second kappa shape index (κ2) is 5.54. The molecule has 1 heterocycles. The van der Waals surface area contributed by atoms with Crippen LogP contribution in [0, 0.1) is 5.82 Å². The highest BCUT2D eigenvalue weighted by atomic mass is 19.1. The number of hydrogen-bond donors (Lipinski definition) is 3. The smallest absolute Gasteiger partial charge is 0.337 e. The van der Waals surface area contributed by atoms with Crippen molar-refractivity contribution in [3.05, 3.63) is 53.2 Å². The molecule has 20 heavy (non-hydrogen) atoms. The Bertz CT molecular complexity index is 666. The number of hydrogen-bond acceptors (Lipinski definition) is 4. The third-order valence-electron chi connectivity index (χ3n) is 2.55. The Labute approximate surface area is 113 Å². The third-order valence-corrected chi connectivity index (χ3v) is 2.55. The van der Waals surface area contributed by atoms with Crippen molar-refractivity contribution in [3.63, 3.8) is 0 Å². The van der Waals surface area contributed by atoms with Gasteiger partial charge in [-0.2, -0.15) is 0 Å². The molecular formula is C13H11FN2O4. The van der Waals surface area contributed by atoms with E-state index in [2.05, 4.69) is 5.32 Å². The minimum absolute atomic E-state index is 0.00823. The molecule has 0 fully saturated rings. The number of anilines is 1. The van der Waals surface area contributed by atoms with Gasteiger partial charge in [0.1, 0.15) is 11.6 Å². The average molecular weight is 278 g/mol. The molecule has 0 saturated heterocycles. The molecule has 0 atom stereocenters. The lowest BCUT2D eigenvalue weighted by molar-refractivity contribution is 0.0697. The lowest BCUT2D eigenvalue weighted by Gasteiger charge is -2.07. The normalized spacial score (nSPS) is 10.3. The summed E-state index contributed by atoms with van der Waals surface area (Å²) < 4.78 is 18.1. The highest BCUT2D eigenvalue weighted by molar-refractivity contribution is 6.06. The number of halogens is 1. The van der Waals surface area contributed by atoms with E-state index in [1.54, 1.807) is 0 Å². The van der Waals surface area contributed by atoms with Crippen LogP contribution in [-0.2, 0) is 6.54 Å². The highest BCUT2D eigenvalue weighted by Crippen LogP contribution is 2.18. The maximum Gasteiger partial charge on any atom is 0.337 e. The predicted molar refractivity (Wildman–Crippen MR) is 67.9 cm³/mol. The lowest BCUT2D eigenvalue weighted by Crippen LogP contribution is -2.14. The van der Waals surface area contributed by atoms with Crippen LogP contribution in [0.1, 0.15) is 26.7 Å². The van der Waals surface area contributed by atoms with Crippen LogP contribution in [0.2, 0.25) is 0 Å². The number of nitrogens with one attached hydrogen (secondary N) is 1. The molecule has 0 bridgehead atoms. The number of benzene rings is 1. The molecule has 1 amide bonds. The van der Waals surface area contributed by atoms with Gasteiger partial charge in [0, 0.05) is 0 Å². The first-order valence-corrected chi connectivity index (χ1v) is 5.64. The number of carboxylic acid groups (broad SMARTS) is 1. The van der Waals surface area contributed by atoms with E-state index in [9.17, 15) is 14.0 Å². The van der Waals surface area contributed by atoms with Gasteiger partial charge in [0.2, 0.25) is 0 Å². The van der Waals surface area contributed by atoms with Crippen LogP contribution in [0.15, 0.2) is 34.7 Å². The molecule has 4 N–H and O–H groups in total. The first-order valence-electron chi connectivity index (χ1n) is 5.64. The molecule has 0 aliphatic carbocycles. The van der Waals surface area contributed by atoms with Crippen LogP contribution in [0.4, 0.5) is 10.1 Å². The molecule has 0 unspecified atom stereocenters. The lowest BCUT2D eigenvalue weighted by atomic mass is 10.1. The van der Waals surface area contributed by atoms with E-state index in [0.29, 0.717) is 5.76 Å². The summed E-state index contributed by atoms with van der Waals surface area (Å²) in [5.41, 5.74) is 4.99. The standard InChI is InChI=1S/C13H11FN2O4/c14-7-1-3-10(9(5-7)13(18)19)16-12(17)11-4-2-8(6-15)20-11/h1-5H,6,15H2,(H,16,17)(H,18,19). The number of carboxylic acids is 1. The van der Waals surface area contributed by atoms with E-state index < -0.39 is 17.7 Å². The number of furan rings is 1. The van der Waals surface area contributed by atoms with E-state index in [1.165, 1.54) is 18.2 Å². The van der Waals surface area contributed by atoms with Gasteiger partial charge in [-0.15, -0.1) is 0 Å². The number of carbonyl (C=O) groups excluding carboxylic acids is 1. The Hall–Kier alpha value is -2.67. The summed E-state index contributed by atoms with van der Waals surface area (Å²) in [7, 11) is 0. The Morgan fingerprint density at radius 3 is 2.65 bits per heavy atom. The molecule has 6 nitrogen and oxygen atoms in total. The van der Waals surface area contributed by atoms with Gasteiger partial charge in [0.05, 0.1) is 17.8 Å². The van der Waals surface area contributed by atoms with Crippen molar-refractivity contribution < 1.29 is 23.5 Å². The van der Waals surface area contributed by atoms with Crippen LogP contribution in [-0.4, -0.2) is 17.0 Å². The van der Waals surface area contributed by atoms with Crippen molar-refractivity contribution >= 4 is 17.6 Å². The number of aromatic carboxylic acids is 1. The van der Waals surface area contributed by atoms with E-state index in [0.717, 1.165) is 12.1 Å². The summed E-state index contributed by atoms with van der Waals surface area (Å²) in [6, 6.07) is 6.00. The Balaban J connectivity index is 2.25. The molecule has 1 aromatic heterocycles. The van der Waals surface area contributed by atoms with Crippen molar-refractivity contribution in [1.82, 2.24) is 0 Å². The third kappa shape index (κ3) is 2.83. The molecule has 7 heteroatoms. The maximum atomic E-state index is 13.0. The number of rotatable bonds is 4. The fraction of sp³-hybridized carbons (Fsp3) is 0.0769. The molecular weight excluding hydrogens is 267 g/mol. The summed E-state index contributed by atoms with van der Waals surface area (Å²) >= 11 is 0. The molecule has 0 spiro atoms. The summed E-state index contributed by atoms with van der Waals surface area (Å²) in [5.74, 6) is -2.27. The molecule has 0 saturated carbocycles. The molecule has 104 valence electrons. The Morgan fingerprint density at radius 2 is 2.05 bits per heavy atom. The highest BCUT2D eigenvalue weighted by Gasteiger charge is 2.16. The first-order chi connectivity index (χ1) is 9.51. The molecule has 2 rings (SSSR count). The molecule has 0 radical (unpaired) electrons. The summed E-state index contributed by atoms with van der Waals surface area (Å²) in [5, 5.41) is 11.3. The Kier molecular flexibility index (Phi) is 3.81. The molecule has 0 aliphatic heterocycles. The monoisotopic (exact) mass is 278 g/mol. The second-order valence-electron chi connectivity index (χ2n) is 3.92.